The highest BCUT2D eigenvalue weighted by Gasteiger charge is 2.57. The van der Waals surface area contributed by atoms with Gasteiger partial charge in [-0.15, -0.1) is 0 Å². The molecule has 10 atom stereocenters. The number of hydrogen-bond acceptors (Lipinski definition) is 11. The molecule has 13 heteroatoms. The van der Waals surface area contributed by atoms with E-state index in [4.69, 9.17) is 24.2 Å². The number of aliphatic hydroxyl groups is 3. The van der Waals surface area contributed by atoms with Crippen molar-refractivity contribution in [3.63, 3.8) is 0 Å². The minimum absolute atomic E-state index is 0.0531. The zero-order valence-corrected chi connectivity index (χ0v) is 29.7. The van der Waals surface area contributed by atoms with E-state index >= 15 is 0 Å². The molecule has 2 saturated heterocycles. The maximum Gasteiger partial charge on any atom is 0.302 e. The molecule has 5 N–H and O–H groups in total. The number of carbonyl (C=O) groups excluding carboxylic acids is 3. The molecule has 0 aromatic carbocycles. The monoisotopic (exact) mass is 700 g/mol. The number of aromatic nitrogens is 4. The molecule has 0 radical (unpaired) electrons. The fourth-order valence-corrected chi connectivity index (χ4v) is 7.98. The second kappa shape index (κ2) is 12.4. The third-order valence-corrected chi connectivity index (χ3v) is 11.2. The van der Waals surface area contributed by atoms with Crippen molar-refractivity contribution in [3.8, 4) is 0 Å². The van der Waals surface area contributed by atoms with Crippen LogP contribution in [0.5, 0.6) is 0 Å². The number of rotatable bonds is 3. The van der Waals surface area contributed by atoms with Crippen LogP contribution in [0.1, 0.15) is 91.0 Å². The molecule has 0 saturated carbocycles. The number of nitrogens with zero attached hydrogens (tertiary/aromatic N) is 2. The van der Waals surface area contributed by atoms with E-state index in [1.165, 1.54) is 6.92 Å². The summed E-state index contributed by atoms with van der Waals surface area (Å²) in [5, 5.41) is 32.2. The molecular weight excluding hydrogens is 656 g/mol. The fourth-order valence-electron chi connectivity index (χ4n) is 7.98. The van der Waals surface area contributed by atoms with E-state index in [9.17, 15) is 29.7 Å². The molecule has 0 amide bonds. The standard InChI is InChI=1S/C38H44N4O9/c1-16-9-22-11-31-38(7,36-30(51-20(5)43)15-28(45)19(4)50-36)33(47)25(41-31)10-21-8-17(2)24(39-21)13-32-37(6,34(48)26(42-32)12-23(16)40-22)35-29(46)14-27(44)18(3)49-35/h8-13,18-19,27-30,35-36,39-40,44-46H,14-15H2,1-7H3/t18-,19+,27+,28-,29-,30+,35?,36?,37?,38?/m1/s1. The van der Waals surface area contributed by atoms with Crippen LogP contribution in [0.2, 0.25) is 0 Å². The molecule has 2 fully saturated rings. The first-order valence-electron chi connectivity index (χ1n) is 17.3. The quantitative estimate of drug-likeness (QED) is 0.251. The average molecular weight is 701 g/mol. The number of nitrogens with one attached hydrogen (secondary N) is 2. The average Bonchev–Trinajstić information content (AvgIpc) is 3.72. The van der Waals surface area contributed by atoms with Gasteiger partial charge in [-0.05, 0) is 89.1 Å². The lowest BCUT2D eigenvalue weighted by Gasteiger charge is -2.44. The Labute approximate surface area is 294 Å². The summed E-state index contributed by atoms with van der Waals surface area (Å²) in [7, 11) is 0. The van der Waals surface area contributed by atoms with Crippen LogP contribution in [0.4, 0.5) is 0 Å². The Balaban J connectivity index is 1.46. The Kier molecular flexibility index (Phi) is 8.58. The van der Waals surface area contributed by atoms with E-state index in [0.717, 1.165) is 11.1 Å². The van der Waals surface area contributed by atoms with Crippen molar-refractivity contribution < 1.29 is 43.9 Å². The highest BCUT2D eigenvalue weighted by molar-refractivity contribution is 6.07. The SMILES string of the molecule is CC(=O)O[C@H]1C[C@@H](O)[C@H](C)OC1C1(C)C(=O)c2cc3cc(C)c(cc4nc(cc5[nH]c(cc1n2)cc5C)C(=O)C4(C)C1O[C@H](C)[C@@H](O)C[C@H]1O)[nH]3. The molecule has 3 aromatic rings. The smallest absolute Gasteiger partial charge is 0.302 e. The van der Waals surface area contributed by atoms with Crippen LogP contribution in [0, 0.1) is 13.8 Å². The number of ketones is 2. The van der Waals surface area contributed by atoms with Gasteiger partial charge in [-0.1, -0.05) is 0 Å². The van der Waals surface area contributed by atoms with E-state index < -0.39 is 65.6 Å². The van der Waals surface area contributed by atoms with Gasteiger partial charge in [0.15, 0.2) is 11.6 Å². The van der Waals surface area contributed by atoms with Crippen LogP contribution in [0.25, 0.3) is 22.1 Å². The zero-order valence-electron chi connectivity index (χ0n) is 29.7. The van der Waals surface area contributed by atoms with Crippen molar-refractivity contribution in [1.82, 2.24) is 19.9 Å². The van der Waals surface area contributed by atoms with Crippen LogP contribution in [0.15, 0.2) is 36.4 Å². The van der Waals surface area contributed by atoms with E-state index in [0.29, 0.717) is 33.5 Å². The van der Waals surface area contributed by atoms with Gasteiger partial charge in [0.2, 0.25) is 0 Å². The molecule has 8 bridgehead atoms. The number of aryl methyl sites for hydroxylation is 2. The fraction of sp³-hybridized carbons (Fsp3) is 0.500. The summed E-state index contributed by atoms with van der Waals surface area (Å²) in [6.07, 6.45) is -6.84. The molecule has 51 heavy (non-hydrogen) atoms. The number of carbonyl (C=O) groups is 3. The Morgan fingerprint density at radius 1 is 0.745 bits per heavy atom. The van der Waals surface area contributed by atoms with Crippen LogP contribution in [-0.2, 0) is 29.8 Å². The summed E-state index contributed by atoms with van der Waals surface area (Å²) in [4.78, 5) is 57.5. The van der Waals surface area contributed by atoms with Crippen molar-refractivity contribution in [3.05, 3.63) is 70.3 Å². The lowest BCUT2D eigenvalue weighted by Crippen LogP contribution is -2.57. The molecule has 4 unspecified atom stereocenters. The number of fused-ring (bicyclic) bond motifs is 8. The van der Waals surface area contributed by atoms with Crippen LogP contribution < -0.4 is 0 Å². The number of aromatic amines is 2. The van der Waals surface area contributed by atoms with E-state index in [1.807, 2.05) is 26.0 Å². The summed E-state index contributed by atoms with van der Waals surface area (Å²) in [5.74, 6) is -1.23. The van der Waals surface area contributed by atoms with E-state index in [1.54, 1.807) is 52.0 Å². The predicted octanol–water partition coefficient (Wildman–Crippen LogP) is 3.58. The second-order valence-electron chi connectivity index (χ2n) is 14.9. The van der Waals surface area contributed by atoms with Crippen molar-refractivity contribution in [2.75, 3.05) is 0 Å². The largest absolute Gasteiger partial charge is 0.460 e. The summed E-state index contributed by atoms with van der Waals surface area (Å²) in [5.41, 5.74) is 2.26. The van der Waals surface area contributed by atoms with Gasteiger partial charge in [0.1, 0.15) is 40.5 Å². The lowest BCUT2D eigenvalue weighted by molar-refractivity contribution is -0.197. The topological polar surface area (TPSA) is 197 Å². The summed E-state index contributed by atoms with van der Waals surface area (Å²) >= 11 is 0. The number of Topliss-reactive ketones (excluding diaryl/α,β-unsaturated/α-hetero) is 2. The molecule has 0 spiro atoms. The summed E-state index contributed by atoms with van der Waals surface area (Å²) in [6.45, 7) is 11.9. The highest BCUT2D eigenvalue weighted by Crippen LogP contribution is 2.43. The zero-order chi connectivity index (χ0) is 36.7. The lowest BCUT2D eigenvalue weighted by atomic mass is 9.73. The second-order valence-corrected chi connectivity index (χ2v) is 14.9. The third kappa shape index (κ3) is 5.71. The summed E-state index contributed by atoms with van der Waals surface area (Å²) in [6, 6.07) is 10.5. The van der Waals surface area contributed by atoms with Crippen LogP contribution in [0.3, 0.4) is 0 Å². The maximum absolute atomic E-state index is 14.5. The van der Waals surface area contributed by atoms with Crippen molar-refractivity contribution in [2.45, 2.75) is 121 Å². The first-order valence-corrected chi connectivity index (χ1v) is 17.3. The Bertz CT molecular complexity index is 2110. The molecular formula is C38H44N4O9. The molecule has 3 aromatic heterocycles. The van der Waals surface area contributed by atoms with Crippen molar-refractivity contribution in [2.24, 2.45) is 0 Å². The van der Waals surface area contributed by atoms with Crippen LogP contribution >= 0.6 is 0 Å². The predicted molar refractivity (Wildman–Crippen MR) is 185 cm³/mol. The Morgan fingerprint density at radius 2 is 1.24 bits per heavy atom. The minimum Gasteiger partial charge on any atom is -0.460 e. The first-order chi connectivity index (χ1) is 24.0. The minimum atomic E-state index is -1.41. The molecule has 7 heterocycles. The number of esters is 1. The van der Waals surface area contributed by atoms with Crippen LogP contribution in [-0.4, -0.2) is 102 Å². The molecule has 0 aliphatic carbocycles. The Hall–Kier alpha value is -4.27. The van der Waals surface area contributed by atoms with E-state index in [-0.39, 0.29) is 35.8 Å². The molecule has 270 valence electrons. The van der Waals surface area contributed by atoms with Gasteiger partial charge in [-0.25, -0.2) is 9.97 Å². The Morgan fingerprint density at radius 3 is 1.84 bits per heavy atom. The normalized spacial score (nSPS) is 34.1. The van der Waals surface area contributed by atoms with E-state index in [2.05, 4.69) is 9.97 Å². The molecule has 13 nitrogen and oxygen atoms in total. The maximum atomic E-state index is 14.5. The highest BCUT2D eigenvalue weighted by atomic mass is 16.6. The van der Waals surface area contributed by atoms with Gasteiger partial charge >= 0.3 is 5.97 Å². The molecule has 7 rings (SSSR count). The number of hydrogen-bond donors (Lipinski definition) is 5. The van der Waals surface area contributed by atoms with Gasteiger partial charge < -0.3 is 39.5 Å². The number of H-pyrrole nitrogens is 2. The third-order valence-electron chi connectivity index (χ3n) is 11.2. The van der Waals surface area contributed by atoms with Crippen molar-refractivity contribution >= 4 is 39.6 Å². The van der Waals surface area contributed by atoms with Crippen molar-refractivity contribution in [1.29, 1.82) is 0 Å². The van der Waals surface area contributed by atoms with Gasteiger partial charge in [0.05, 0.1) is 41.9 Å². The van der Waals surface area contributed by atoms with Gasteiger partial charge in [0, 0.05) is 41.8 Å². The molecule has 4 aliphatic heterocycles. The first kappa shape index (κ1) is 35.1. The van der Waals surface area contributed by atoms with Gasteiger partial charge in [0.25, 0.3) is 0 Å². The number of aliphatic hydroxyl groups excluding tert-OH is 3. The van der Waals surface area contributed by atoms with Gasteiger partial charge in [-0.2, -0.15) is 0 Å². The number of ether oxygens (including phenoxy) is 3. The molecule has 4 aliphatic rings. The summed E-state index contributed by atoms with van der Waals surface area (Å²) < 4.78 is 18.1. The van der Waals surface area contributed by atoms with Gasteiger partial charge in [-0.3, -0.25) is 14.4 Å².